The molecule has 0 atom stereocenters. The number of anilines is 1. The first-order valence-corrected chi connectivity index (χ1v) is 13.3. The number of nitrogens with zero attached hydrogens (tertiary/aromatic N) is 3. The molecule has 1 aliphatic rings. The molecule has 11 heteroatoms. The molecule has 0 unspecified atom stereocenters. The molecule has 202 valence electrons. The molecule has 7 nitrogen and oxygen atoms in total. The molecule has 2 aromatic carbocycles. The Kier molecular flexibility index (Phi) is 7.59. The highest BCUT2D eigenvalue weighted by molar-refractivity contribution is 6.40. The van der Waals surface area contributed by atoms with Crippen LogP contribution in [0.15, 0.2) is 60.0 Å². The van der Waals surface area contributed by atoms with Crippen LogP contribution in [0.2, 0.25) is 15.1 Å². The molecule has 0 amide bonds. The third kappa shape index (κ3) is 5.18. The number of pyridine rings is 1. The normalized spacial score (nSPS) is 14.0. The summed E-state index contributed by atoms with van der Waals surface area (Å²) < 4.78 is 16.1. The van der Waals surface area contributed by atoms with Gasteiger partial charge in [-0.2, -0.15) is 0 Å². The number of hydrogen-bond donors (Lipinski definition) is 2. The van der Waals surface area contributed by atoms with Crippen molar-refractivity contribution in [2.45, 2.75) is 19.8 Å². The molecule has 1 saturated carbocycles. The van der Waals surface area contributed by atoms with Gasteiger partial charge < -0.3 is 11.1 Å². The number of nitrogen functional groups attached to an aromatic ring is 1. The van der Waals surface area contributed by atoms with E-state index in [9.17, 15) is 14.0 Å². The van der Waals surface area contributed by atoms with Crippen LogP contribution in [0.3, 0.4) is 0 Å². The molecular weight excluding hydrogens is 576 g/mol. The SMILES string of the molecule is C/C(=N\C=C(/C=N)c1cnc2c(c1)c(C(=O)c1cc(Cl)cc(N)c1F)cn2C(=O)c1c(Cl)cccc1Cl)C1CC1. The predicted octanol–water partition coefficient (Wildman–Crippen LogP) is 7.50. The maximum atomic E-state index is 15.0. The summed E-state index contributed by atoms with van der Waals surface area (Å²) in [7, 11) is 0. The van der Waals surface area contributed by atoms with Crippen LogP contribution in [0.5, 0.6) is 0 Å². The zero-order valence-electron chi connectivity index (χ0n) is 21.0. The first kappa shape index (κ1) is 27.7. The van der Waals surface area contributed by atoms with Crippen LogP contribution in [0, 0.1) is 17.1 Å². The summed E-state index contributed by atoms with van der Waals surface area (Å²) in [4.78, 5) is 36.3. The molecule has 40 heavy (non-hydrogen) atoms. The van der Waals surface area contributed by atoms with E-state index in [1.54, 1.807) is 18.3 Å². The quantitative estimate of drug-likeness (QED) is 0.131. The van der Waals surface area contributed by atoms with Gasteiger partial charge in [0.25, 0.3) is 5.91 Å². The van der Waals surface area contributed by atoms with Gasteiger partial charge in [-0.05, 0) is 56.0 Å². The van der Waals surface area contributed by atoms with Crippen molar-refractivity contribution >= 4 is 80.7 Å². The van der Waals surface area contributed by atoms with Gasteiger partial charge in [0.05, 0.1) is 32.4 Å². The molecular formula is C29H21Cl3FN5O2. The van der Waals surface area contributed by atoms with Crippen LogP contribution in [-0.2, 0) is 0 Å². The highest BCUT2D eigenvalue weighted by atomic mass is 35.5. The van der Waals surface area contributed by atoms with E-state index in [0.717, 1.165) is 29.3 Å². The highest BCUT2D eigenvalue weighted by Crippen LogP contribution is 2.33. The van der Waals surface area contributed by atoms with Gasteiger partial charge in [-0.25, -0.2) is 9.37 Å². The molecule has 5 rings (SSSR count). The Morgan fingerprint density at radius 3 is 2.50 bits per heavy atom. The average Bonchev–Trinajstić information content (AvgIpc) is 3.71. The number of carbonyl (C=O) groups excluding carboxylic acids is 2. The van der Waals surface area contributed by atoms with Crippen LogP contribution < -0.4 is 5.73 Å². The number of aromatic nitrogens is 2. The van der Waals surface area contributed by atoms with Crippen LogP contribution >= 0.6 is 34.8 Å². The topological polar surface area (TPSA) is 114 Å². The summed E-state index contributed by atoms with van der Waals surface area (Å²) in [5.74, 6) is -1.90. The average molecular weight is 597 g/mol. The number of ketones is 1. The van der Waals surface area contributed by atoms with E-state index < -0.39 is 17.5 Å². The molecule has 2 heterocycles. The molecule has 0 aliphatic heterocycles. The Bertz CT molecular complexity index is 1770. The number of rotatable bonds is 7. The summed E-state index contributed by atoms with van der Waals surface area (Å²) in [6, 6.07) is 8.59. The first-order chi connectivity index (χ1) is 19.1. The van der Waals surface area contributed by atoms with E-state index in [1.807, 2.05) is 6.92 Å². The largest absolute Gasteiger partial charge is 0.396 e. The lowest BCUT2D eigenvalue weighted by molar-refractivity contribution is 0.0964. The van der Waals surface area contributed by atoms with Crippen LogP contribution in [0.25, 0.3) is 16.6 Å². The fraction of sp³-hybridized carbons (Fsp3) is 0.138. The van der Waals surface area contributed by atoms with Crippen molar-refractivity contribution in [3.63, 3.8) is 0 Å². The van der Waals surface area contributed by atoms with Crippen LogP contribution in [-0.4, -0.2) is 33.2 Å². The van der Waals surface area contributed by atoms with E-state index in [4.69, 9.17) is 45.9 Å². The van der Waals surface area contributed by atoms with Crippen molar-refractivity contribution in [1.29, 1.82) is 5.41 Å². The Balaban J connectivity index is 1.72. The van der Waals surface area contributed by atoms with Crippen molar-refractivity contribution < 1.29 is 14.0 Å². The second kappa shape index (κ2) is 11.0. The van der Waals surface area contributed by atoms with E-state index in [1.165, 1.54) is 36.7 Å². The third-order valence-electron chi connectivity index (χ3n) is 6.66. The summed E-state index contributed by atoms with van der Waals surface area (Å²) >= 11 is 18.6. The number of allylic oxidation sites excluding steroid dienone is 1. The van der Waals surface area contributed by atoms with Crippen molar-refractivity contribution in [2.24, 2.45) is 10.9 Å². The Hall–Kier alpha value is -3.85. The van der Waals surface area contributed by atoms with Gasteiger partial charge in [-0.15, -0.1) is 0 Å². The monoisotopic (exact) mass is 595 g/mol. The van der Waals surface area contributed by atoms with Crippen LogP contribution in [0.4, 0.5) is 10.1 Å². The number of hydrogen-bond acceptors (Lipinski definition) is 6. The first-order valence-electron chi connectivity index (χ1n) is 12.1. The zero-order chi connectivity index (χ0) is 28.7. The molecule has 0 radical (unpaired) electrons. The smallest absolute Gasteiger partial charge is 0.266 e. The van der Waals surface area contributed by atoms with Gasteiger partial charge in [0.15, 0.2) is 11.6 Å². The number of nitrogens with one attached hydrogen (secondary N) is 1. The van der Waals surface area contributed by atoms with Gasteiger partial charge in [-0.1, -0.05) is 40.9 Å². The number of halogens is 4. The number of fused-ring (bicyclic) bond motifs is 1. The number of nitrogens with two attached hydrogens (primary N) is 1. The second-order valence-corrected chi connectivity index (χ2v) is 10.6. The molecule has 0 saturated heterocycles. The lowest BCUT2D eigenvalue weighted by atomic mass is 10.0. The van der Waals surface area contributed by atoms with E-state index in [-0.39, 0.29) is 48.5 Å². The summed E-state index contributed by atoms with van der Waals surface area (Å²) in [5, 5.41) is 8.44. The summed E-state index contributed by atoms with van der Waals surface area (Å²) in [6.45, 7) is 1.94. The second-order valence-electron chi connectivity index (χ2n) is 9.37. The molecule has 0 bridgehead atoms. The van der Waals surface area contributed by atoms with Gasteiger partial charge in [0, 0.05) is 52.1 Å². The van der Waals surface area contributed by atoms with E-state index >= 15 is 0 Å². The lowest BCUT2D eigenvalue weighted by Crippen LogP contribution is -2.13. The standard InChI is InChI=1S/C29H21Cl3FN5O2/c1-14(15-5-6-15)36-12-17(10-34)16-7-19-21(27(39)20-8-18(30)9-24(35)26(20)33)13-38(28(19)37-11-16)29(40)25-22(31)3-2-4-23(25)32/h2-4,7-13,15,34H,5-6,35H2,1H3/b17-12+,34-10?,36-14+. The third-order valence-corrected chi connectivity index (χ3v) is 7.51. The Morgan fingerprint density at radius 1 is 1.15 bits per heavy atom. The fourth-order valence-electron chi connectivity index (χ4n) is 4.32. The highest BCUT2D eigenvalue weighted by Gasteiger charge is 2.27. The van der Waals surface area contributed by atoms with Crippen LogP contribution in [0.1, 0.15) is 51.6 Å². The van der Waals surface area contributed by atoms with E-state index in [0.29, 0.717) is 17.1 Å². The van der Waals surface area contributed by atoms with Gasteiger partial charge in [0.2, 0.25) is 0 Å². The minimum atomic E-state index is -0.940. The maximum absolute atomic E-state index is 15.0. The van der Waals surface area contributed by atoms with Gasteiger partial charge >= 0.3 is 0 Å². The van der Waals surface area contributed by atoms with Crippen molar-refractivity contribution in [3.05, 3.63) is 98.1 Å². The minimum Gasteiger partial charge on any atom is -0.396 e. The molecule has 0 spiro atoms. The number of carbonyl (C=O) groups is 2. The predicted molar refractivity (Wildman–Crippen MR) is 158 cm³/mol. The van der Waals surface area contributed by atoms with Crippen molar-refractivity contribution in [2.75, 3.05) is 5.73 Å². The molecule has 2 aromatic heterocycles. The van der Waals surface area contributed by atoms with E-state index in [2.05, 4.69) is 9.98 Å². The molecule has 4 aromatic rings. The van der Waals surface area contributed by atoms with Crippen molar-refractivity contribution in [3.8, 4) is 0 Å². The lowest BCUT2D eigenvalue weighted by Gasteiger charge is -2.08. The summed E-state index contributed by atoms with van der Waals surface area (Å²) in [5.41, 5.74) is 6.99. The minimum absolute atomic E-state index is 0.00996. The maximum Gasteiger partial charge on any atom is 0.266 e. The molecule has 3 N–H and O–H groups in total. The molecule has 1 aliphatic carbocycles. The Labute approximate surface area is 243 Å². The number of benzene rings is 2. The Morgan fingerprint density at radius 2 is 1.85 bits per heavy atom. The van der Waals surface area contributed by atoms with Gasteiger partial charge in [-0.3, -0.25) is 19.1 Å². The number of aliphatic imine (C=N–C) groups is 1. The van der Waals surface area contributed by atoms with Crippen molar-refractivity contribution in [1.82, 2.24) is 9.55 Å². The molecule has 1 fully saturated rings. The summed E-state index contributed by atoms with van der Waals surface area (Å²) in [6.07, 6.45) is 7.58. The fourth-order valence-corrected chi connectivity index (χ4v) is 5.10. The van der Waals surface area contributed by atoms with Gasteiger partial charge in [0.1, 0.15) is 5.65 Å². The zero-order valence-corrected chi connectivity index (χ0v) is 23.3.